The van der Waals surface area contributed by atoms with Gasteiger partial charge in [0, 0.05) is 34.1 Å². The molecular weight excluding hydrogens is 276 g/mol. The van der Waals surface area contributed by atoms with Gasteiger partial charge >= 0.3 is 0 Å². The van der Waals surface area contributed by atoms with Crippen LogP contribution in [0.3, 0.4) is 0 Å². The minimum absolute atomic E-state index is 0.543. The van der Waals surface area contributed by atoms with Gasteiger partial charge in [-0.15, -0.1) is 11.3 Å². The van der Waals surface area contributed by atoms with Gasteiger partial charge in [-0.3, -0.25) is 0 Å². The molecule has 0 aliphatic carbocycles. The number of benzene rings is 1. The second kappa shape index (κ2) is 6.20. The molecule has 0 amide bonds. The summed E-state index contributed by atoms with van der Waals surface area (Å²) in [6.45, 7) is 8.72. The predicted molar refractivity (Wildman–Crippen MR) is 92.1 cm³/mol. The normalized spacial score (nSPS) is 17.5. The standard InChI is InChI=1S/C18H24N2S/c1-13(2)19-11-16-8-9-17(21-16)12-20-14(3)10-15-6-4-5-7-18(15)20/h4-9,13-14,19H,10-12H2,1-3H3. The van der Waals surface area contributed by atoms with Crippen LogP contribution in [-0.4, -0.2) is 12.1 Å². The summed E-state index contributed by atoms with van der Waals surface area (Å²) in [5.74, 6) is 0. The highest BCUT2D eigenvalue weighted by atomic mass is 32.1. The zero-order chi connectivity index (χ0) is 14.8. The van der Waals surface area contributed by atoms with E-state index < -0.39 is 0 Å². The van der Waals surface area contributed by atoms with Crippen molar-refractivity contribution in [3.63, 3.8) is 0 Å². The van der Waals surface area contributed by atoms with Crippen LogP contribution in [0.25, 0.3) is 0 Å². The number of fused-ring (bicyclic) bond motifs is 1. The molecule has 0 bridgehead atoms. The second-order valence-corrected chi connectivity index (χ2v) is 7.47. The Morgan fingerprint density at radius 3 is 2.76 bits per heavy atom. The van der Waals surface area contributed by atoms with Crippen LogP contribution in [0.4, 0.5) is 5.69 Å². The van der Waals surface area contributed by atoms with Gasteiger partial charge < -0.3 is 10.2 Å². The lowest BCUT2D eigenvalue weighted by Gasteiger charge is -2.24. The van der Waals surface area contributed by atoms with Crippen molar-refractivity contribution in [2.24, 2.45) is 0 Å². The van der Waals surface area contributed by atoms with Gasteiger partial charge in [0.2, 0.25) is 0 Å². The highest BCUT2D eigenvalue weighted by Gasteiger charge is 2.25. The zero-order valence-corrected chi connectivity index (χ0v) is 13.9. The fourth-order valence-corrected chi connectivity index (χ4v) is 3.91. The first-order valence-corrected chi connectivity index (χ1v) is 8.60. The molecule has 1 aliphatic rings. The SMILES string of the molecule is CC(C)NCc1ccc(CN2c3ccccc3CC2C)s1. The van der Waals surface area contributed by atoms with Crippen molar-refractivity contribution in [2.75, 3.05) is 4.90 Å². The van der Waals surface area contributed by atoms with E-state index in [4.69, 9.17) is 0 Å². The van der Waals surface area contributed by atoms with Gasteiger partial charge in [-0.2, -0.15) is 0 Å². The number of hydrogen-bond acceptors (Lipinski definition) is 3. The minimum Gasteiger partial charge on any atom is -0.363 e. The van der Waals surface area contributed by atoms with Gasteiger partial charge in [-0.05, 0) is 37.1 Å². The van der Waals surface area contributed by atoms with E-state index in [1.165, 1.54) is 27.4 Å². The quantitative estimate of drug-likeness (QED) is 0.890. The molecule has 1 N–H and O–H groups in total. The molecule has 21 heavy (non-hydrogen) atoms. The molecule has 1 atom stereocenters. The summed E-state index contributed by atoms with van der Waals surface area (Å²) in [6, 6.07) is 14.5. The molecule has 0 saturated heterocycles. The number of para-hydroxylation sites is 1. The van der Waals surface area contributed by atoms with Crippen LogP contribution in [0.2, 0.25) is 0 Å². The van der Waals surface area contributed by atoms with E-state index in [9.17, 15) is 0 Å². The number of hydrogen-bond donors (Lipinski definition) is 1. The van der Waals surface area contributed by atoms with E-state index >= 15 is 0 Å². The van der Waals surface area contributed by atoms with Gasteiger partial charge in [0.15, 0.2) is 0 Å². The largest absolute Gasteiger partial charge is 0.363 e. The van der Waals surface area contributed by atoms with Crippen LogP contribution in [0, 0.1) is 0 Å². The van der Waals surface area contributed by atoms with Gasteiger partial charge in [0.25, 0.3) is 0 Å². The molecule has 1 aromatic heterocycles. The maximum absolute atomic E-state index is 3.49. The van der Waals surface area contributed by atoms with E-state index in [1.54, 1.807) is 0 Å². The highest BCUT2D eigenvalue weighted by molar-refractivity contribution is 7.12. The number of thiophene rings is 1. The van der Waals surface area contributed by atoms with Gasteiger partial charge in [0.1, 0.15) is 0 Å². The lowest BCUT2D eigenvalue weighted by Crippen LogP contribution is -2.28. The van der Waals surface area contributed by atoms with E-state index in [0.29, 0.717) is 12.1 Å². The van der Waals surface area contributed by atoms with Gasteiger partial charge in [-0.25, -0.2) is 0 Å². The van der Waals surface area contributed by atoms with Crippen molar-refractivity contribution in [1.82, 2.24) is 5.32 Å². The number of anilines is 1. The summed E-state index contributed by atoms with van der Waals surface area (Å²) in [5.41, 5.74) is 2.91. The monoisotopic (exact) mass is 300 g/mol. The molecule has 112 valence electrons. The van der Waals surface area contributed by atoms with E-state index in [1.807, 2.05) is 11.3 Å². The zero-order valence-electron chi connectivity index (χ0n) is 13.1. The van der Waals surface area contributed by atoms with Crippen LogP contribution in [0.5, 0.6) is 0 Å². The highest BCUT2D eigenvalue weighted by Crippen LogP contribution is 2.34. The van der Waals surface area contributed by atoms with Crippen molar-refractivity contribution in [2.45, 2.75) is 52.4 Å². The smallest absolute Gasteiger partial charge is 0.0526 e. The molecule has 3 heteroatoms. The molecule has 2 nitrogen and oxygen atoms in total. The molecule has 2 aromatic rings. The molecular formula is C18H24N2S. The van der Waals surface area contributed by atoms with Gasteiger partial charge in [-0.1, -0.05) is 32.0 Å². The Labute approximate surface area is 131 Å². The Hall–Kier alpha value is -1.32. The Kier molecular flexibility index (Phi) is 4.32. The van der Waals surface area contributed by atoms with Crippen molar-refractivity contribution < 1.29 is 0 Å². The number of rotatable bonds is 5. The first-order valence-electron chi connectivity index (χ1n) is 7.79. The summed E-state index contributed by atoms with van der Waals surface area (Å²) < 4.78 is 0. The lowest BCUT2D eigenvalue weighted by atomic mass is 10.1. The summed E-state index contributed by atoms with van der Waals surface area (Å²) in [7, 11) is 0. The van der Waals surface area contributed by atoms with Crippen LogP contribution in [-0.2, 0) is 19.5 Å². The Morgan fingerprint density at radius 1 is 1.19 bits per heavy atom. The van der Waals surface area contributed by atoms with Crippen molar-refractivity contribution in [1.29, 1.82) is 0 Å². The topological polar surface area (TPSA) is 15.3 Å². The van der Waals surface area contributed by atoms with Gasteiger partial charge in [0.05, 0.1) is 6.54 Å². The number of nitrogens with zero attached hydrogens (tertiary/aromatic N) is 1. The van der Waals surface area contributed by atoms with Crippen molar-refractivity contribution in [3.05, 3.63) is 51.7 Å². The van der Waals surface area contributed by atoms with Crippen molar-refractivity contribution >= 4 is 17.0 Å². The molecule has 1 unspecified atom stereocenters. The molecule has 3 rings (SSSR count). The summed E-state index contributed by atoms with van der Waals surface area (Å²) in [4.78, 5) is 5.43. The number of nitrogens with one attached hydrogen (secondary N) is 1. The molecule has 0 radical (unpaired) electrons. The van der Waals surface area contributed by atoms with Crippen LogP contribution < -0.4 is 10.2 Å². The summed E-state index contributed by atoms with van der Waals surface area (Å²) >= 11 is 1.93. The molecule has 2 heterocycles. The molecule has 0 fully saturated rings. The Balaban J connectivity index is 1.69. The molecule has 0 spiro atoms. The van der Waals surface area contributed by atoms with E-state index in [2.05, 4.69) is 67.4 Å². The summed E-state index contributed by atoms with van der Waals surface area (Å²) in [6.07, 6.45) is 1.17. The van der Waals surface area contributed by atoms with Crippen LogP contribution >= 0.6 is 11.3 Å². The first kappa shape index (κ1) is 14.6. The Morgan fingerprint density at radius 2 is 1.95 bits per heavy atom. The maximum Gasteiger partial charge on any atom is 0.0526 e. The predicted octanol–water partition coefficient (Wildman–Crippen LogP) is 4.20. The third-order valence-corrected chi connectivity index (χ3v) is 5.15. The van der Waals surface area contributed by atoms with Crippen LogP contribution in [0.1, 0.15) is 36.1 Å². The third kappa shape index (κ3) is 3.30. The van der Waals surface area contributed by atoms with E-state index in [-0.39, 0.29) is 0 Å². The molecule has 0 saturated carbocycles. The average Bonchev–Trinajstić information content (AvgIpc) is 3.02. The fraction of sp³-hybridized carbons (Fsp3) is 0.444. The van der Waals surface area contributed by atoms with E-state index in [0.717, 1.165) is 13.1 Å². The lowest BCUT2D eigenvalue weighted by molar-refractivity contribution is 0.593. The van der Waals surface area contributed by atoms with Crippen molar-refractivity contribution in [3.8, 4) is 0 Å². The first-order chi connectivity index (χ1) is 10.1. The third-order valence-electron chi connectivity index (χ3n) is 4.08. The second-order valence-electron chi connectivity index (χ2n) is 6.21. The molecule has 1 aliphatic heterocycles. The summed E-state index contributed by atoms with van der Waals surface area (Å²) in [5, 5.41) is 3.49. The fourth-order valence-electron chi connectivity index (χ4n) is 2.95. The minimum atomic E-state index is 0.543. The average molecular weight is 300 g/mol. The Bertz CT molecular complexity index is 603. The molecule has 1 aromatic carbocycles. The van der Waals surface area contributed by atoms with Crippen LogP contribution in [0.15, 0.2) is 36.4 Å². The maximum atomic E-state index is 3.49.